The quantitative estimate of drug-likeness (QED) is 0.754. The lowest BCUT2D eigenvalue weighted by Gasteiger charge is -2.07. The minimum atomic E-state index is 0.790. The Bertz CT molecular complexity index is 646. The molecule has 0 aliphatic heterocycles. The molecule has 0 atom stereocenters. The van der Waals surface area contributed by atoms with Crippen LogP contribution in [0.3, 0.4) is 0 Å². The predicted octanol–water partition coefficient (Wildman–Crippen LogP) is 4.36. The van der Waals surface area contributed by atoms with E-state index in [4.69, 9.17) is 0 Å². The summed E-state index contributed by atoms with van der Waals surface area (Å²) in [6, 6.07) is 24.7. The van der Waals surface area contributed by atoms with Crippen LogP contribution in [0.1, 0.15) is 5.56 Å². The van der Waals surface area contributed by atoms with Gasteiger partial charge in [0.05, 0.1) is 0 Å². The van der Waals surface area contributed by atoms with Crippen molar-refractivity contribution in [3.63, 3.8) is 0 Å². The molecular formula is C18H16N2. The zero-order chi connectivity index (χ0) is 13.6. The second-order valence-electron chi connectivity index (χ2n) is 4.64. The number of pyridine rings is 1. The molecule has 0 unspecified atom stereocenters. The van der Waals surface area contributed by atoms with Gasteiger partial charge in [-0.3, -0.25) is 0 Å². The Morgan fingerprint density at radius 3 is 2.05 bits per heavy atom. The highest BCUT2D eigenvalue weighted by Gasteiger charge is 1.98. The summed E-state index contributed by atoms with van der Waals surface area (Å²) >= 11 is 0. The van der Waals surface area contributed by atoms with Crippen molar-refractivity contribution in [1.82, 2.24) is 4.98 Å². The van der Waals surface area contributed by atoms with Crippen molar-refractivity contribution in [3.8, 4) is 11.1 Å². The average molecular weight is 260 g/mol. The van der Waals surface area contributed by atoms with Crippen LogP contribution in [0.5, 0.6) is 0 Å². The van der Waals surface area contributed by atoms with Gasteiger partial charge in [-0.05, 0) is 23.3 Å². The van der Waals surface area contributed by atoms with Gasteiger partial charge in [-0.25, -0.2) is 4.98 Å². The number of hydrogen-bond acceptors (Lipinski definition) is 2. The van der Waals surface area contributed by atoms with Crippen molar-refractivity contribution >= 4 is 5.82 Å². The summed E-state index contributed by atoms with van der Waals surface area (Å²) in [5, 5.41) is 3.33. The topological polar surface area (TPSA) is 24.9 Å². The minimum Gasteiger partial charge on any atom is -0.366 e. The number of rotatable bonds is 4. The van der Waals surface area contributed by atoms with Gasteiger partial charge in [0.1, 0.15) is 5.82 Å². The fourth-order valence-corrected chi connectivity index (χ4v) is 2.09. The molecular weight excluding hydrogens is 244 g/mol. The van der Waals surface area contributed by atoms with Crippen LogP contribution in [0.4, 0.5) is 5.82 Å². The summed E-state index contributed by atoms with van der Waals surface area (Å²) in [6.45, 7) is 0.790. The van der Waals surface area contributed by atoms with E-state index in [2.05, 4.69) is 40.6 Å². The zero-order valence-electron chi connectivity index (χ0n) is 11.2. The predicted molar refractivity (Wildman–Crippen MR) is 83.4 cm³/mol. The molecule has 3 aromatic rings. The molecule has 98 valence electrons. The van der Waals surface area contributed by atoms with Crippen LogP contribution < -0.4 is 5.32 Å². The number of nitrogens with one attached hydrogen (secondary N) is 1. The van der Waals surface area contributed by atoms with E-state index in [1.54, 1.807) is 0 Å². The molecule has 2 nitrogen and oxygen atoms in total. The Morgan fingerprint density at radius 2 is 1.40 bits per heavy atom. The first-order valence-corrected chi connectivity index (χ1v) is 6.71. The molecule has 0 spiro atoms. The van der Waals surface area contributed by atoms with E-state index in [-0.39, 0.29) is 0 Å². The molecule has 0 aliphatic carbocycles. The van der Waals surface area contributed by atoms with E-state index in [1.807, 2.05) is 48.7 Å². The van der Waals surface area contributed by atoms with E-state index in [0.717, 1.165) is 17.9 Å². The molecule has 1 heterocycles. The molecule has 0 radical (unpaired) electrons. The van der Waals surface area contributed by atoms with Crippen molar-refractivity contribution < 1.29 is 0 Å². The first-order valence-electron chi connectivity index (χ1n) is 6.71. The molecule has 2 heteroatoms. The Balaban J connectivity index is 1.68. The maximum Gasteiger partial charge on any atom is 0.126 e. The normalized spacial score (nSPS) is 10.2. The highest BCUT2D eigenvalue weighted by atomic mass is 15.0. The Morgan fingerprint density at radius 1 is 0.700 bits per heavy atom. The van der Waals surface area contributed by atoms with E-state index >= 15 is 0 Å². The van der Waals surface area contributed by atoms with Gasteiger partial charge in [-0.15, -0.1) is 0 Å². The maximum atomic E-state index is 4.46. The SMILES string of the molecule is c1ccc(CNc2ccc(-c3ccccc3)cn2)cc1. The average Bonchev–Trinajstić information content (AvgIpc) is 2.55. The second kappa shape index (κ2) is 6.02. The van der Waals surface area contributed by atoms with Crippen molar-refractivity contribution in [3.05, 3.63) is 84.6 Å². The van der Waals surface area contributed by atoms with E-state index in [1.165, 1.54) is 11.1 Å². The van der Waals surface area contributed by atoms with Gasteiger partial charge >= 0.3 is 0 Å². The van der Waals surface area contributed by atoms with E-state index < -0.39 is 0 Å². The van der Waals surface area contributed by atoms with Crippen LogP contribution in [0.2, 0.25) is 0 Å². The monoisotopic (exact) mass is 260 g/mol. The number of aromatic nitrogens is 1. The van der Waals surface area contributed by atoms with Gasteiger partial charge in [0, 0.05) is 18.3 Å². The van der Waals surface area contributed by atoms with Gasteiger partial charge in [-0.2, -0.15) is 0 Å². The summed E-state index contributed by atoms with van der Waals surface area (Å²) in [4.78, 5) is 4.46. The van der Waals surface area contributed by atoms with E-state index in [9.17, 15) is 0 Å². The molecule has 0 saturated carbocycles. The van der Waals surface area contributed by atoms with Crippen molar-refractivity contribution in [2.75, 3.05) is 5.32 Å². The minimum absolute atomic E-state index is 0.790. The van der Waals surface area contributed by atoms with Gasteiger partial charge in [0.2, 0.25) is 0 Å². The Kier molecular flexibility index (Phi) is 3.74. The first kappa shape index (κ1) is 12.4. The standard InChI is InChI=1S/C18H16N2/c1-3-7-15(8-4-1)13-19-18-12-11-17(14-20-18)16-9-5-2-6-10-16/h1-12,14H,13H2,(H,19,20). The molecule has 0 saturated heterocycles. The van der Waals surface area contributed by atoms with Crippen LogP contribution in [-0.4, -0.2) is 4.98 Å². The highest BCUT2D eigenvalue weighted by molar-refractivity contribution is 5.63. The summed E-state index contributed by atoms with van der Waals surface area (Å²) < 4.78 is 0. The van der Waals surface area contributed by atoms with Gasteiger partial charge in [0.15, 0.2) is 0 Å². The molecule has 1 N–H and O–H groups in total. The Hall–Kier alpha value is -2.61. The molecule has 0 bridgehead atoms. The lowest BCUT2D eigenvalue weighted by molar-refractivity contribution is 1.11. The van der Waals surface area contributed by atoms with Crippen molar-refractivity contribution in [1.29, 1.82) is 0 Å². The van der Waals surface area contributed by atoms with Crippen LogP contribution >= 0.6 is 0 Å². The molecule has 1 aromatic heterocycles. The van der Waals surface area contributed by atoms with Crippen LogP contribution in [0.15, 0.2) is 79.0 Å². The lowest BCUT2D eigenvalue weighted by atomic mass is 10.1. The van der Waals surface area contributed by atoms with Gasteiger partial charge in [-0.1, -0.05) is 60.7 Å². The van der Waals surface area contributed by atoms with Gasteiger partial charge < -0.3 is 5.32 Å². The third kappa shape index (κ3) is 3.04. The number of nitrogens with zero attached hydrogens (tertiary/aromatic N) is 1. The fraction of sp³-hybridized carbons (Fsp3) is 0.0556. The second-order valence-corrected chi connectivity index (χ2v) is 4.64. The van der Waals surface area contributed by atoms with Crippen molar-refractivity contribution in [2.24, 2.45) is 0 Å². The largest absolute Gasteiger partial charge is 0.366 e. The molecule has 2 aromatic carbocycles. The van der Waals surface area contributed by atoms with Crippen LogP contribution in [-0.2, 0) is 6.54 Å². The maximum absolute atomic E-state index is 4.46. The van der Waals surface area contributed by atoms with Crippen molar-refractivity contribution in [2.45, 2.75) is 6.54 Å². The number of anilines is 1. The Labute approximate surface area is 119 Å². The lowest BCUT2D eigenvalue weighted by Crippen LogP contribution is -2.00. The molecule has 3 rings (SSSR count). The van der Waals surface area contributed by atoms with Crippen LogP contribution in [0.25, 0.3) is 11.1 Å². The summed E-state index contributed by atoms with van der Waals surface area (Å²) in [5.74, 6) is 0.897. The van der Waals surface area contributed by atoms with Gasteiger partial charge in [0.25, 0.3) is 0 Å². The third-order valence-electron chi connectivity index (χ3n) is 3.19. The summed E-state index contributed by atoms with van der Waals surface area (Å²) in [7, 11) is 0. The number of benzene rings is 2. The fourth-order valence-electron chi connectivity index (χ4n) is 2.09. The zero-order valence-corrected chi connectivity index (χ0v) is 11.2. The smallest absolute Gasteiger partial charge is 0.126 e. The molecule has 0 fully saturated rings. The molecule has 0 aliphatic rings. The summed E-state index contributed by atoms with van der Waals surface area (Å²) in [5.41, 5.74) is 3.58. The van der Waals surface area contributed by atoms with Crippen LogP contribution in [0, 0.1) is 0 Å². The molecule has 0 amide bonds. The summed E-state index contributed by atoms with van der Waals surface area (Å²) in [6.07, 6.45) is 1.91. The molecule has 20 heavy (non-hydrogen) atoms. The van der Waals surface area contributed by atoms with E-state index in [0.29, 0.717) is 0 Å². The first-order chi connectivity index (χ1) is 9.92. The third-order valence-corrected chi connectivity index (χ3v) is 3.19. The highest BCUT2D eigenvalue weighted by Crippen LogP contribution is 2.19. The number of hydrogen-bond donors (Lipinski definition) is 1.